The summed E-state index contributed by atoms with van der Waals surface area (Å²) >= 11 is 0. The van der Waals surface area contributed by atoms with Gasteiger partial charge in [-0.2, -0.15) is 0 Å². The normalized spacial score (nSPS) is 31.3. The maximum atomic E-state index is 12.8. The average Bonchev–Trinajstić information content (AvgIpc) is 2.86. The highest BCUT2D eigenvalue weighted by Crippen LogP contribution is 2.62. The Kier molecular flexibility index (Phi) is 4.23. The second-order valence-corrected chi connectivity index (χ2v) is 8.89. The van der Waals surface area contributed by atoms with Crippen LogP contribution in [0, 0.1) is 16.2 Å². The van der Waals surface area contributed by atoms with E-state index in [0.29, 0.717) is 0 Å². The molecule has 1 unspecified atom stereocenters. The van der Waals surface area contributed by atoms with Crippen molar-refractivity contribution >= 4 is 5.97 Å². The van der Waals surface area contributed by atoms with Crippen molar-refractivity contribution in [3.63, 3.8) is 0 Å². The molecule has 2 aliphatic rings. The minimum atomic E-state index is -0.379. The predicted octanol–water partition coefficient (Wildman–Crippen LogP) is 5.50. The van der Waals surface area contributed by atoms with Crippen LogP contribution in [-0.4, -0.2) is 11.6 Å². The molecule has 21 heavy (non-hydrogen) atoms. The van der Waals surface area contributed by atoms with Gasteiger partial charge in [-0.3, -0.25) is 4.79 Å². The van der Waals surface area contributed by atoms with Gasteiger partial charge in [-0.05, 0) is 52.9 Å². The minimum absolute atomic E-state index is 0.00579. The van der Waals surface area contributed by atoms with E-state index in [1.165, 1.54) is 38.5 Å². The van der Waals surface area contributed by atoms with Gasteiger partial charge in [0.25, 0.3) is 0 Å². The van der Waals surface area contributed by atoms with Crippen molar-refractivity contribution in [3.05, 3.63) is 0 Å². The molecule has 0 aliphatic heterocycles. The number of esters is 1. The van der Waals surface area contributed by atoms with E-state index in [4.69, 9.17) is 4.74 Å². The SMILES string of the molecule is CCC(C)(C)C(=O)OC1(C)C(C)(C)CCCC12CCCC2. The molecule has 0 aromatic heterocycles. The molecule has 0 aromatic rings. The molecular formula is C19H34O2. The summed E-state index contributed by atoms with van der Waals surface area (Å²) in [7, 11) is 0. The van der Waals surface area contributed by atoms with Gasteiger partial charge in [-0.15, -0.1) is 0 Å². The van der Waals surface area contributed by atoms with Gasteiger partial charge in [-0.25, -0.2) is 0 Å². The molecule has 122 valence electrons. The van der Waals surface area contributed by atoms with Gasteiger partial charge in [0, 0.05) is 10.8 Å². The van der Waals surface area contributed by atoms with Crippen molar-refractivity contribution in [2.45, 2.75) is 98.5 Å². The standard InChI is InChI=1S/C19H34O2/c1-7-16(2,3)15(20)21-18(6)17(4,5)11-10-14-19(18)12-8-9-13-19/h7-14H2,1-6H3. The van der Waals surface area contributed by atoms with Gasteiger partial charge < -0.3 is 4.74 Å². The molecule has 0 saturated heterocycles. The van der Waals surface area contributed by atoms with Crippen LogP contribution >= 0.6 is 0 Å². The van der Waals surface area contributed by atoms with Crippen molar-refractivity contribution in [3.8, 4) is 0 Å². The Morgan fingerprint density at radius 1 is 1.00 bits per heavy atom. The van der Waals surface area contributed by atoms with Crippen LogP contribution in [0.5, 0.6) is 0 Å². The molecule has 2 fully saturated rings. The molecule has 2 aliphatic carbocycles. The summed E-state index contributed by atoms with van der Waals surface area (Å²) in [5.74, 6) is -0.00579. The van der Waals surface area contributed by atoms with Gasteiger partial charge in [0.15, 0.2) is 0 Å². The van der Waals surface area contributed by atoms with E-state index < -0.39 is 0 Å². The quantitative estimate of drug-likeness (QED) is 0.643. The lowest BCUT2D eigenvalue weighted by atomic mass is 9.52. The molecule has 0 amide bonds. The van der Waals surface area contributed by atoms with Gasteiger partial charge in [-0.1, -0.05) is 40.0 Å². The largest absolute Gasteiger partial charge is 0.458 e. The number of ether oxygens (including phenoxy) is 1. The number of hydrogen-bond acceptors (Lipinski definition) is 2. The van der Waals surface area contributed by atoms with E-state index in [2.05, 4.69) is 27.7 Å². The number of rotatable bonds is 3. The maximum absolute atomic E-state index is 12.8. The Hall–Kier alpha value is -0.530. The van der Waals surface area contributed by atoms with Crippen LogP contribution in [0.15, 0.2) is 0 Å². The van der Waals surface area contributed by atoms with E-state index in [1.54, 1.807) is 0 Å². The number of carbonyl (C=O) groups is 1. The summed E-state index contributed by atoms with van der Waals surface area (Å²) in [6.07, 6.45) is 9.53. The molecular weight excluding hydrogens is 260 g/mol. The smallest absolute Gasteiger partial charge is 0.312 e. The lowest BCUT2D eigenvalue weighted by molar-refractivity contribution is -0.222. The molecule has 2 saturated carbocycles. The van der Waals surface area contributed by atoms with Crippen molar-refractivity contribution in [1.82, 2.24) is 0 Å². The van der Waals surface area contributed by atoms with E-state index >= 15 is 0 Å². The third-order valence-corrected chi connectivity index (χ3v) is 7.05. The van der Waals surface area contributed by atoms with Crippen LogP contribution in [0.4, 0.5) is 0 Å². The molecule has 0 heterocycles. The van der Waals surface area contributed by atoms with Crippen molar-refractivity contribution in [2.75, 3.05) is 0 Å². The van der Waals surface area contributed by atoms with Gasteiger partial charge >= 0.3 is 5.97 Å². The summed E-state index contributed by atoms with van der Waals surface area (Å²) in [6.45, 7) is 12.9. The monoisotopic (exact) mass is 294 g/mol. The van der Waals surface area contributed by atoms with Crippen molar-refractivity contribution < 1.29 is 9.53 Å². The van der Waals surface area contributed by atoms with Crippen LogP contribution in [-0.2, 0) is 9.53 Å². The van der Waals surface area contributed by atoms with E-state index in [1.807, 2.05) is 13.8 Å². The van der Waals surface area contributed by atoms with Gasteiger partial charge in [0.2, 0.25) is 0 Å². The Bertz CT molecular complexity index is 402. The summed E-state index contributed by atoms with van der Waals surface area (Å²) in [4.78, 5) is 12.8. The van der Waals surface area contributed by atoms with Crippen LogP contribution in [0.25, 0.3) is 0 Å². The van der Waals surface area contributed by atoms with Crippen LogP contribution in [0.1, 0.15) is 92.9 Å². The van der Waals surface area contributed by atoms with Crippen LogP contribution < -0.4 is 0 Å². The first-order valence-corrected chi connectivity index (χ1v) is 8.84. The van der Waals surface area contributed by atoms with Crippen molar-refractivity contribution in [2.24, 2.45) is 16.2 Å². The fraction of sp³-hybridized carbons (Fsp3) is 0.947. The third kappa shape index (κ3) is 2.53. The average molecular weight is 294 g/mol. The van der Waals surface area contributed by atoms with E-state index in [9.17, 15) is 4.79 Å². The van der Waals surface area contributed by atoms with E-state index in [0.717, 1.165) is 12.8 Å². The highest BCUT2D eigenvalue weighted by atomic mass is 16.6. The molecule has 2 heteroatoms. The second kappa shape index (κ2) is 5.28. The van der Waals surface area contributed by atoms with E-state index in [-0.39, 0.29) is 27.8 Å². The lowest BCUT2D eigenvalue weighted by Gasteiger charge is -2.58. The first kappa shape index (κ1) is 16.8. The van der Waals surface area contributed by atoms with Crippen LogP contribution in [0.3, 0.4) is 0 Å². The molecule has 1 atom stereocenters. The Labute approximate surface area is 131 Å². The first-order valence-electron chi connectivity index (χ1n) is 8.84. The Morgan fingerprint density at radius 2 is 1.52 bits per heavy atom. The molecule has 2 rings (SSSR count). The molecule has 1 spiro atoms. The summed E-state index contributed by atoms with van der Waals surface area (Å²) < 4.78 is 6.35. The zero-order chi connectivity index (χ0) is 15.9. The van der Waals surface area contributed by atoms with Gasteiger partial charge in [0.05, 0.1) is 5.41 Å². The molecule has 0 N–H and O–H groups in total. The fourth-order valence-electron chi connectivity index (χ4n) is 4.56. The summed E-state index contributed by atoms with van der Waals surface area (Å²) in [6, 6.07) is 0. The summed E-state index contributed by atoms with van der Waals surface area (Å²) in [5.41, 5.74) is -0.419. The molecule has 2 nitrogen and oxygen atoms in total. The van der Waals surface area contributed by atoms with Crippen LogP contribution in [0.2, 0.25) is 0 Å². The second-order valence-electron chi connectivity index (χ2n) is 8.89. The molecule has 0 bridgehead atoms. The predicted molar refractivity (Wildman–Crippen MR) is 87.1 cm³/mol. The van der Waals surface area contributed by atoms with Gasteiger partial charge in [0.1, 0.15) is 5.60 Å². The Balaban J connectivity index is 2.35. The van der Waals surface area contributed by atoms with Crippen molar-refractivity contribution in [1.29, 1.82) is 0 Å². The third-order valence-electron chi connectivity index (χ3n) is 7.05. The zero-order valence-corrected chi connectivity index (χ0v) is 15.0. The maximum Gasteiger partial charge on any atom is 0.312 e. The fourth-order valence-corrected chi connectivity index (χ4v) is 4.56. The molecule has 0 aromatic carbocycles. The zero-order valence-electron chi connectivity index (χ0n) is 15.0. The summed E-state index contributed by atoms with van der Waals surface area (Å²) in [5, 5.41) is 0. The Morgan fingerprint density at radius 3 is 2.05 bits per heavy atom. The number of hydrogen-bond donors (Lipinski definition) is 0. The lowest BCUT2D eigenvalue weighted by Crippen LogP contribution is -2.60. The number of carbonyl (C=O) groups excluding carboxylic acids is 1. The minimum Gasteiger partial charge on any atom is -0.458 e. The highest BCUT2D eigenvalue weighted by molar-refractivity contribution is 5.76. The highest BCUT2D eigenvalue weighted by Gasteiger charge is 2.61. The first-order chi connectivity index (χ1) is 9.60. The topological polar surface area (TPSA) is 26.3 Å². The molecule has 0 radical (unpaired) electrons.